The number of nitrogens with one attached hydrogen (secondary N) is 1. The van der Waals surface area contributed by atoms with E-state index in [1.165, 1.54) is 24.5 Å². The zero-order valence-electron chi connectivity index (χ0n) is 22.2. The second-order valence-electron chi connectivity index (χ2n) is 10.4. The Morgan fingerprint density at radius 3 is 2.67 bits per heavy atom. The van der Waals surface area contributed by atoms with Crippen LogP contribution in [0.2, 0.25) is 5.02 Å². The predicted molar refractivity (Wildman–Crippen MR) is 143 cm³/mol. The molecule has 13 heteroatoms. The summed E-state index contributed by atoms with van der Waals surface area (Å²) in [5.74, 6) is -0.699. The second-order valence-corrected chi connectivity index (χ2v) is 10.8. The van der Waals surface area contributed by atoms with Gasteiger partial charge in [-0.2, -0.15) is 4.39 Å². The van der Waals surface area contributed by atoms with Crippen LogP contribution < -0.4 is 15.0 Å². The zero-order valence-corrected chi connectivity index (χ0v) is 23.0. The molecule has 2 atom stereocenters. The molecule has 1 saturated heterocycles. The summed E-state index contributed by atoms with van der Waals surface area (Å²) >= 11 is 6.40. The van der Waals surface area contributed by atoms with E-state index in [1.807, 2.05) is 0 Å². The van der Waals surface area contributed by atoms with Crippen molar-refractivity contribution in [3.8, 4) is 17.0 Å². The number of anilines is 2. The Morgan fingerprint density at radius 1 is 1.20 bits per heavy atom. The molecule has 40 heavy (non-hydrogen) atoms. The molecule has 0 aliphatic carbocycles. The quantitative estimate of drug-likeness (QED) is 0.394. The Kier molecular flexibility index (Phi) is 7.40. The van der Waals surface area contributed by atoms with Gasteiger partial charge in [-0.25, -0.2) is 23.9 Å². The molecule has 5 rings (SSSR count). The number of alkyl halides is 1. The normalized spacial score (nSPS) is 18.7. The minimum Gasteiger partial charge on any atom is -0.443 e. The van der Waals surface area contributed by atoms with Crippen molar-refractivity contribution in [2.45, 2.75) is 52.2 Å². The van der Waals surface area contributed by atoms with Crippen LogP contribution in [0.15, 0.2) is 24.5 Å². The molecule has 3 aromatic rings. The lowest BCUT2D eigenvalue weighted by Gasteiger charge is -2.34. The monoisotopic (exact) mass is 576 g/mol. The highest BCUT2D eigenvalue weighted by Crippen LogP contribution is 2.43. The third-order valence-electron chi connectivity index (χ3n) is 6.31. The minimum atomic E-state index is -1.82. The van der Waals surface area contributed by atoms with Crippen LogP contribution in [0, 0.1) is 12.7 Å². The van der Waals surface area contributed by atoms with E-state index in [0.717, 1.165) is 4.90 Å². The number of benzene rings is 1. The Bertz CT molecular complexity index is 1490. The van der Waals surface area contributed by atoms with Crippen LogP contribution in [-0.2, 0) is 14.2 Å². The molecule has 4 heterocycles. The molecule has 2 aromatic heterocycles. The third kappa shape index (κ3) is 5.59. The number of carbonyl (C=O) groups excluding carboxylic acids is 2. The van der Waals surface area contributed by atoms with E-state index in [1.54, 1.807) is 27.7 Å². The molecule has 2 amide bonds. The summed E-state index contributed by atoms with van der Waals surface area (Å²) in [7, 11) is 0. The minimum absolute atomic E-state index is 0.0691. The number of pyridine rings is 2. The van der Waals surface area contributed by atoms with Crippen LogP contribution in [0.5, 0.6) is 5.88 Å². The van der Waals surface area contributed by atoms with Gasteiger partial charge in [-0.1, -0.05) is 11.6 Å². The molecule has 1 N–H and O–H groups in total. The molecule has 10 nitrogen and oxygen atoms in total. The summed E-state index contributed by atoms with van der Waals surface area (Å²) in [4.78, 5) is 34.7. The van der Waals surface area contributed by atoms with Gasteiger partial charge in [-0.3, -0.25) is 10.2 Å². The first-order valence-electron chi connectivity index (χ1n) is 12.6. The number of halogens is 3. The van der Waals surface area contributed by atoms with Gasteiger partial charge in [0, 0.05) is 35.3 Å². The summed E-state index contributed by atoms with van der Waals surface area (Å²) in [6.45, 7) is 7.11. The van der Waals surface area contributed by atoms with E-state index in [0.29, 0.717) is 41.5 Å². The number of hydrogen-bond acceptors (Lipinski definition) is 8. The third-order valence-corrected chi connectivity index (χ3v) is 6.67. The molecule has 0 bridgehead atoms. The van der Waals surface area contributed by atoms with Crippen molar-refractivity contribution in [3.05, 3.63) is 40.9 Å². The summed E-state index contributed by atoms with van der Waals surface area (Å²) in [6, 6.07) is 3.05. The second kappa shape index (κ2) is 10.7. The van der Waals surface area contributed by atoms with E-state index in [4.69, 9.17) is 30.5 Å². The maximum Gasteiger partial charge on any atom is 0.415 e. The van der Waals surface area contributed by atoms with E-state index in [9.17, 15) is 14.0 Å². The average molecular weight is 577 g/mol. The molecular weight excluding hydrogens is 550 g/mol. The fraction of sp³-hybridized carbons (Fsp3) is 0.407. The van der Waals surface area contributed by atoms with Crippen LogP contribution in [0.1, 0.15) is 32.8 Å². The molecule has 1 fully saturated rings. The SMILES string of the molecule is Cc1c(-c2cc3cc(NC(=O)O[C@@H]4CCOC4)ncc3c(Cl)c2F)cnc2c1N(C(=O)OC(C)(C)C)CC(F)O2. The van der Waals surface area contributed by atoms with Crippen molar-refractivity contribution in [3.63, 3.8) is 0 Å². The van der Waals surface area contributed by atoms with Gasteiger partial charge in [-0.05, 0) is 50.8 Å². The number of fused-ring (bicyclic) bond motifs is 2. The Labute approximate surface area is 233 Å². The lowest BCUT2D eigenvalue weighted by Crippen LogP contribution is -2.45. The van der Waals surface area contributed by atoms with Crippen molar-refractivity contribution in [2.75, 3.05) is 30.0 Å². The summed E-state index contributed by atoms with van der Waals surface area (Å²) in [6.07, 6.45) is -0.385. The van der Waals surface area contributed by atoms with Gasteiger partial charge in [0.1, 0.15) is 29.0 Å². The maximum absolute atomic E-state index is 15.6. The van der Waals surface area contributed by atoms with Gasteiger partial charge in [0.25, 0.3) is 6.36 Å². The molecule has 0 radical (unpaired) electrons. The molecule has 1 unspecified atom stereocenters. The van der Waals surface area contributed by atoms with E-state index >= 15 is 4.39 Å². The van der Waals surface area contributed by atoms with E-state index < -0.39 is 36.5 Å². The topological polar surface area (TPSA) is 112 Å². The highest BCUT2D eigenvalue weighted by molar-refractivity contribution is 6.36. The summed E-state index contributed by atoms with van der Waals surface area (Å²) in [5, 5.41) is 3.15. The smallest absolute Gasteiger partial charge is 0.415 e. The Hall–Kier alpha value is -3.77. The highest BCUT2D eigenvalue weighted by atomic mass is 35.5. The number of amides is 2. The number of aromatic nitrogens is 2. The Balaban J connectivity index is 1.53. The van der Waals surface area contributed by atoms with Crippen LogP contribution in [0.3, 0.4) is 0 Å². The lowest BCUT2D eigenvalue weighted by atomic mass is 9.97. The molecule has 0 spiro atoms. The van der Waals surface area contributed by atoms with Crippen molar-refractivity contribution >= 4 is 46.1 Å². The molecule has 1 aromatic carbocycles. The standard InChI is InChI=1S/C27H27ClF2N4O6/c1-13-17(9-32-24-23(13)34(11-19(29)39-24)26(36)40-27(2,3)4)16-7-14-8-20(31-10-18(14)21(28)22(16)30)33-25(35)38-15-5-6-37-12-15/h7-10,15,19H,5-6,11-12H2,1-4H3,(H,31,33,35)/t15-,19?/m1/s1. The first-order valence-corrected chi connectivity index (χ1v) is 12.9. The molecule has 212 valence electrons. The lowest BCUT2D eigenvalue weighted by molar-refractivity contribution is 0.0375. The van der Waals surface area contributed by atoms with Crippen molar-refractivity contribution in [2.24, 2.45) is 0 Å². The Morgan fingerprint density at radius 2 is 1.98 bits per heavy atom. The van der Waals surface area contributed by atoms with Crippen molar-refractivity contribution in [1.82, 2.24) is 9.97 Å². The summed E-state index contributed by atoms with van der Waals surface area (Å²) in [5.41, 5.74) is 0.0787. The number of carbonyl (C=O) groups is 2. The van der Waals surface area contributed by atoms with Gasteiger partial charge >= 0.3 is 12.2 Å². The molecule has 2 aliphatic rings. The fourth-order valence-electron chi connectivity index (χ4n) is 4.51. The van der Waals surface area contributed by atoms with Gasteiger partial charge in [0.2, 0.25) is 5.88 Å². The van der Waals surface area contributed by atoms with Crippen LogP contribution in [0.4, 0.5) is 29.9 Å². The van der Waals surface area contributed by atoms with Crippen LogP contribution in [-0.4, -0.2) is 60.0 Å². The van der Waals surface area contributed by atoms with E-state index in [-0.39, 0.29) is 34.1 Å². The van der Waals surface area contributed by atoms with Crippen LogP contribution >= 0.6 is 11.6 Å². The number of nitrogens with zero attached hydrogens (tertiary/aromatic N) is 3. The van der Waals surface area contributed by atoms with Crippen molar-refractivity contribution < 1.29 is 37.3 Å². The number of rotatable bonds is 3. The molecule has 2 aliphatic heterocycles. The average Bonchev–Trinajstić information content (AvgIpc) is 3.38. The predicted octanol–water partition coefficient (Wildman–Crippen LogP) is 6.16. The number of ether oxygens (including phenoxy) is 4. The van der Waals surface area contributed by atoms with Gasteiger partial charge < -0.3 is 18.9 Å². The van der Waals surface area contributed by atoms with E-state index in [2.05, 4.69) is 15.3 Å². The maximum atomic E-state index is 15.6. The van der Waals surface area contributed by atoms with Gasteiger partial charge in [0.05, 0.1) is 24.8 Å². The number of hydrogen-bond donors (Lipinski definition) is 1. The van der Waals surface area contributed by atoms with Gasteiger partial charge in [0.15, 0.2) is 0 Å². The molecular formula is C27H27ClF2N4O6. The van der Waals surface area contributed by atoms with Gasteiger partial charge in [-0.15, -0.1) is 0 Å². The summed E-state index contributed by atoms with van der Waals surface area (Å²) < 4.78 is 51.2. The molecule has 0 saturated carbocycles. The largest absolute Gasteiger partial charge is 0.443 e. The van der Waals surface area contributed by atoms with Crippen LogP contribution in [0.25, 0.3) is 21.9 Å². The first kappa shape index (κ1) is 27.8. The zero-order chi connectivity index (χ0) is 28.8. The fourth-order valence-corrected chi connectivity index (χ4v) is 4.77. The van der Waals surface area contributed by atoms with Crippen molar-refractivity contribution in [1.29, 1.82) is 0 Å². The highest BCUT2D eigenvalue weighted by Gasteiger charge is 2.36. The first-order chi connectivity index (χ1) is 18.9.